The molecule has 0 unspecified atom stereocenters. The second kappa shape index (κ2) is 9.03. The Kier molecular flexibility index (Phi) is 6.72. The SMILES string of the molecule is Cc1ccsc1-c1ccc(F)c(Cl)c1.Cc1ccsc1-c1cccc(Cl)c1. The summed E-state index contributed by atoms with van der Waals surface area (Å²) in [5.41, 5.74) is 4.69. The van der Waals surface area contributed by atoms with E-state index < -0.39 is 0 Å². The molecule has 0 saturated heterocycles. The van der Waals surface area contributed by atoms with E-state index in [1.54, 1.807) is 34.8 Å². The molecule has 0 spiro atoms. The van der Waals surface area contributed by atoms with Crippen LogP contribution in [0.4, 0.5) is 4.39 Å². The first-order valence-corrected chi connectivity index (χ1v) is 10.8. The van der Waals surface area contributed by atoms with Gasteiger partial charge in [-0.2, -0.15) is 0 Å². The van der Waals surface area contributed by atoms with Gasteiger partial charge in [0, 0.05) is 14.8 Å². The quantitative estimate of drug-likeness (QED) is 0.295. The van der Waals surface area contributed by atoms with Gasteiger partial charge < -0.3 is 0 Å². The van der Waals surface area contributed by atoms with Crippen LogP contribution in [-0.2, 0) is 0 Å². The Morgan fingerprint density at radius 2 is 1.33 bits per heavy atom. The second-order valence-corrected chi connectivity index (χ2v) is 8.68. The van der Waals surface area contributed by atoms with Crippen LogP contribution in [0.3, 0.4) is 0 Å². The van der Waals surface area contributed by atoms with Gasteiger partial charge in [0.15, 0.2) is 0 Å². The lowest BCUT2D eigenvalue weighted by Gasteiger charge is -2.01. The standard InChI is InChI=1S/C11H8ClFS.C11H9ClS/c1-7-4-5-14-11(7)8-2-3-10(13)9(12)6-8;1-8-5-6-13-11(8)9-3-2-4-10(12)7-9/h2-6H,1H3;2-7H,1H3. The van der Waals surface area contributed by atoms with E-state index in [0.29, 0.717) is 0 Å². The number of hydrogen-bond acceptors (Lipinski definition) is 2. The first kappa shape index (κ1) is 20.1. The molecule has 0 bridgehead atoms. The smallest absolute Gasteiger partial charge is 0.141 e. The first-order chi connectivity index (χ1) is 13.0. The summed E-state index contributed by atoms with van der Waals surface area (Å²) in [4.78, 5) is 2.45. The van der Waals surface area contributed by atoms with Crippen LogP contribution in [0.5, 0.6) is 0 Å². The van der Waals surface area contributed by atoms with Crippen LogP contribution in [0.15, 0.2) is 65.4 Å². The van der Waals surface area contributed by atoms with Gasteiger partial charge in [-0.3, -0.25) is 0 Å². The maximum Gasteiger partial charge on any atom is 0.141 e. The number of rotatable bonds is 2. The Labute approximate surface area is 176 Å². The average molecular weight is 435 g/mol. The fourth-order valence-corrected chi connectivity index (χ4v) is 4.83. The number of hydrogen-bond donors (Lipinski definition) is 0. The molecule has 0 aliphatic carbocycles. The molecular formula is C22H17Cl2FS2. The third-order valence-corrected chi connectivity index (χ3v) is 6.65. The van der Waals surface area contributed by atoms with Gasteiger partial charge in [-0.05, 0) is 83.3 Å². The largest absolute Gasteiger partial charge is 0.205 e. The molecule has 27 heavy (non-hydrogen) atoms. The van der Waals surface area contributed by atoms with Crippen LogP contribution in [0, 0.1) is 19.7 Å². The van der Waals surface area contributed by atoms with Gasteiger partial charge >= 0.3 is 0 Å². The lowest BCUT2D eigenvalue weighted by molar-refractivity contribution is 0.628. The van der Waals surface area contributed by atoms with Gasteiger partial charge in [0.05, 0.1) is 5.02 Å². The molecule has 0 N–H and O–H groups in total. The van der Waals surface area contributed by atoms with Gasteiger partial charge in [0.2, 0.25) is 0 Å². The molecule has 0 atom stereocenters. The molecule has 0 aliphatic heterocycles. The second-order valence-electron chi connectivity index (χ2n) is 6.00. The summed E-state index contributed by atoms with van der Waals surface area (Å²) in [5, 5.41) is 5.09. The number of thiophene rings is 2. The highest BCUT2D eigenvalue weighted by atomic mass is 35.5. The van der Waals surface area contributed by atoms with E-state index in [0.717, 1.165) is 15.5 Å². The third kappa shape index (κ3) is 4.99. The minimum atomic E-state index is -0.371. The summed E-state index contributed by atoms with van der Waals surface area (Å²) < 4.78 is 12.9. The highest BCUT2D eigenvalue weighted by molar-refractivity contribution is 7.14. The normalized spacial score (nSPS) is 10.4. The summed E-state index contributed by atoms with van der Waals surface area (Å²) >= 11 is 15.0. The van der Waals surface area contributed by atoms with E-state index >= 15 is 0 Å². The van der Waals surface area contributed by atoms with Crippen molar-refractivity contribution < 1.29 is 4.39 Å². The Morgan fingerprint density at radius 3 is 1.81 bits per heavy atom. The third-order valence-electron chi connectivity index (χ3n) is 3.99. The van der Waals surface area contributed by atoms with E-state index in [4.69, 9.17) is 23.2 Å². The van der Waals surface area contributed by atoms with Crippen LogP contribution < -0.4 is 0 Å². The molecule has 2 aromatic heterocycles. The molecule has 2 aromatic carbocycles. The number of halogens is 3. The van der Waals surface area contributed by atoms with Crippen LogP contribution in [0.1, 0.15) is 11.1 Å². The first-order valence-electron chi connectivity index (χ1n) is 8.25. The lowest BCUT2D eigenvalue weighted by atomic mass is 10.1. The van der Waals surface area contributed by atoms with E-state index in [1.807, 2.05) is 36.6 Å². The summed E-state index contributed by atoms with van der Waals surface area (Å²) in [6.07, 6.45) is 0. The van der Waals surface area contributed by atoms with Gasteiger partial charge in [-0.1, -0.05) is 41.4 Å². The van der Waals surface area contributed by atoms with Gasteiger partial charge in [-0.25, -0.2) is 4.39 Å². The van der Waals surface area contributed by atoms with Crippen molar-refractivity contribution in [3.63, 3.8) is 0 Å². The van der Waals surface area contributed by atoms with Crippen LogP contribution in [0.25, 0.3) is 20.9 Å². The Morgan fingerprint density at radius 1 is 0.741 bits per heavy atom. The highest BCUT2D eigenvalue weighted by Gasteiger charge is 2.06. The van der Waals surface area contributed by atoms with Crippen molar-refractivity contribution in [3.8, 4) is 20.9 Å². The zero-order valence-electron chi connectivity index (χ0n) is 14.8. The molecule has 0 nitrogen and oxygen atoms in total. The molecule has 0 fully saturated rings. The molecule has 0 amide bonds. The zero-order valence-corrected chi connectivity index (χ0v) is 17.9. The van der Waals surface area contributed by atoms with Gasteiger partial charge in [0.1, 0.15) is 5.82 Å². The van der Waals surface area contributed by atoms with Crippen molar-refractivity contribution in [2.75, 3.05) is 0 Å². The summed E-state index contributed by atoms with van der Waals surface area (Å²) in [7, 11) is 0. The average Bonchev–Trinajstić information content (AvgIpc) is 3.26. The van der Waals surface area contributed by atoms with E-state index in [1.165, 1.54) is 27.6 Å². The minimum Gasteiger partial charge on any atom is -0.205 e. The Balaban J connectivity index is 0.000000156. The molecule has 138 valence electrons. The van der Waals surface area contributed by atoms with Crippen molar-refractivity contribution in [1.29, 1.82) is 0 Å². The highest BCUT2D eigenvalue weighted by Crippen LogP contribution is 2.32. The zero-order chi connectivity index (χ0) is 19.4. The fourth-order valence-electron chi connectivity index (χ4n) is 2.60. The van der Waals surface area contributed by atoms with Gasteiger partial charge in [-0.15, -0.1) is 22.7 Å². The van der Waals surface area contributed by atoms with Crippen molar-refractivity contribution in [2.45, 2.75) is 13.8 Å². The van der Waals surface area contributed by atoms with Gasteiger partial charge in [0.25, 0.3) is 0 Å². The Hall–Kier alpha value is -1.65. The van der Waals surface area contributed by atoms with E-state index in [2.05, 4.69) is 24.4 Å². The van der Waals surface area contributed by atoms with Crippen LogP contribution in [0.2, 0.25) is 10.0 Å². The lowest BCUT2D eigenvalue weighted by Crippen LogP contribution is -1.79. The molecule has 0 radical (unpaired) electrons. The Bertz CT molecular complexity index is 1050. The summed E-state index contributed by atoms with van der Waals surface area (Å²) in [5.74, 6) is -0.371. The molecule has 0 saturated carbocycles. The number of aryl methyl sites for hydroxylation is 2. The monoisotopic (exact) mass is 434 g/mol. The van der Waals surface area contributed by atoms with Crippen molar-refractivity contribution in [3.05, 3.63) is 92.3 Å². The number of benzene rings is 2. The molecular weight excluding hydrogens is 418 g/mol. The van der Waals surface area contributed by atoms with Crippen molar-refractivity contribution >= 4 is 45.9 Å². The van der Waals surface area contributed by atoms with Crippen LogP contribution >= 0.6 is 45.9 Å². The van der Waals surface area contributed by atoms with Crippen LogP contribution in [-0.4, -0.2) is 0 Å². The molecule has 0 aliphatic rings. The maximum atomic E-state index is 12.9. The predicted molar refractivity (Wildman–Crippen MR) is 119 cm³/mol. The predicted octanol–water partition coefficient (Wildman–Crippen LogP) is 8.89. The van der Waals surface area contributed by atoms with E-state index in [-0.39, 0.29) is 10.8 Å². The molecule has 5 heteroatoms. The summed E-state index contributed by atoms with van der Waals surface area (Å²) in [6, 6.07) is 16.9. The maximum absolute atomic E-state index is 12.9. The van der Waals surface area contributed by atoms with Crippen molar-refractivity contribution in [1.82, 2.24) is 0 Å². The topological polar surface area (TPSA) is 0 Å². The minimum absolute atomic E-state index is 0.176. The molecule has 4 aromatic rings. The molecule has 4 rings (SSSR count). The van der Waals surface area contributed by atoms with Crippen molar-refractivity contribution in [2.24, 2.45) is 0 Å². The summed E-state index contributed by atoms with van der Waals surface area (Å²) in [6.45, 7) is 4.15. The molecule has 2 heterocycles. The fraction of sp³-hybridized carbons (Fsp3) is 0.0909. The van der Waals surface area contributed by atoms with E-state index in [9.17, 15) is 4.39 Å².